The molecule has 1 N–H and O–H groups in total. The average Bonchev–Trinajstić information content (AvgIpc) is 2.42. The summed E-state index contributed by atoms with van der Waals surface area (Å²) in [6, 6.07) is 6.70. The Labute approximate surface area is 120 Å². The van der Waals surface area contributed by atoms with Crippen molar-refractivity contribution < 1.29 is 14.7 Å². The SMILES string of the molecule is CCN(CC(C)C)C(=O)CCc1ccc(C(=O)O)cc1. The average molecular weight is 277 g/mol. The maximum Gasteiger partial charge on any atom is 0.335 e. The molecule has 1 aromatic carbocycles. The van der Waals surface area contributed by atoms with E-state index in [1.807, 2.05) is 11.8 Å². The summed E-state index contributed by atoms with van der Waals surface area (Å²) in [6.45, 7) is 7.70. The van der Waals surface area contributed by atoms with Gasteiger partial charge in [-0.25, -0.2) is 4.79 Å². The molecule has 0 radical (unpaired) electrons. The normalized spacial score (nSPS) is 10.6. The molecular weight excluding hydrogens is 254 g/mol. The monoisotopic (exact) mass is 277 g/mol. The summed E-state index contributed by atoms with van der Waals surface area (Å²) in [5.41, 5.74) is 1.26. The largest absolute Gasteiger partial charge is 0.478 e. The second kappa shape index (κ2) is 7.68. The maximum absolute atomic E-state index is 12.1. The summed E-state index contributed by atoms with van der Waals surface area (Å²) in [6.07, 6.45) is 1.11. The first kappa shape index (κ1) is 16.2. The maximum atomic E-state index is 12.1. The van der Waals surface area contributed by atoms with Crippen LogP contribution in [0.4, 0.5) is 0 Å². The lowest BCUT2D eigenvalue weighted by Gasteiger charge is -2.23. The highest BCUT2D eigenvalue weighted by atomic mass is 16.4. The standard InChI is InChI=1S/C16H23NO3/c1-4-17(11-12(2)3)15(18)10-7-13-5-8-14(9-6-13)16(19)20/h5-6,8-9,12H,4,7,10-11H2,1-3H3,(H,19,20). The summed E-state index contributed by atoms with van der Waals surface area (Å²) < 4.78 is 0. The first-order chi connectivity index (χ1) is 9.43. The van der Waals surface area contributed by atoms with Gasteiger partial charge in [0.15, 0.2) is 0 Å². The zero-order valence-electron chi connectivity index (χ0n) is 12.4. The van der Waals surface area contributed by atoms with Crippen LogP contribution in [0.2, 0.25) is 0 Å². The molecule has 0 aliphatic carbocycles. The Bertz CT molecular complexity index is 451. The molecule has 0 heterocycles. The van der Waals surface area contributed by atoms with Gasteiger partial charge in [-0.15, -0.1) is 0 Å². The van der Waals surface area contributed by atoms with E-state index in [1.54, 1.807) is 24.3 Å². The molecule has 4 nitrogen and oxygen atoms in total. The number of carbonyl (C=O) groups is 2. The van der Waals surface area contributed by atoms with Crippen LogP contribution in [0, 0.1) is 5.92 Å². The fraction of sp³-hybridized carbons (Fsp3) is 0.500. The van der Waals surface area contributed by atoms with E-state index < -0.39 is 5.97 Å². The number of hydrogen-bond donors (Lipinski definition) is 1. The smallest absolute Gasteiger partial charge is 0.335 e. The number of aryl methyl sites for hydroxylation is 1. The van der Waals surface area contributed by atoms with Crippen molar-refractivity contribution in [2.24, 2.45) is 5.92 Å². The third-order valence-electron chi connectivity index (χ3n) is 3.15. The fourth-order valence-electron chi connectivity index (χ4n) is 2.07. The molecule has 0 fully saturated rings. The number of hydrogen-bond acceptors (Lipinski definition) is 2. The third-order valence-corrected chi connectivity index (χ3v) is 3.15. The van der Waals surface area contributed by atoms with Crippen molar-refractivity contribution in [3.05, 3.63) is 35.4 Å². The van der Waals surface area contributed by atoms with Gasteiger partial charge < -0.3 is 10.0 Å². The van der Waals surface area contributed by atoms with E-state index in [2.05, 4.69) is 13.8 Å². The van der Waals surface area contributed by atoms with Crippen LogP contribution in [-0.4, -0.2) is 35.0 Å². The van der Waals surface area contributed by atoms with Crippen LogP contribution in [-0.2, 0) is 11.2 Å². The van der Waals surface area contributed by atoms with E-state index >= 15 is 0 Å². The molecule has 0 unspecified atom stereocenters. The van der Waals surface area contributed by atoms with Gasteiger partial charge in [-0.3, -0.25) is 4.79 Å². The quantitative estimate of drug-likeness (QED) is 0.833. The number of nitrogens with zero attached hydrogens (tertiary/aromatic N) is 1. The Balaban J connectivity index is 2.53. The molecule has 4 heteroatoms. The molecule has 1 rings (SSSR count). The Hall–Kier alpha value is -1.84. The molecule has 0 aliphatic rings. The predicted molar refractivity (Wildman–Crippen MR) is 78.8 cm³/mol. The molecule has 110 valence electrons. The van der Waals surface area contributed by atoms with Crippen LogP contribution in [0.15, 0.2) is 24.3 Å². The summed E-state index contributed by atoms with van der Waals surface area (Å²) >= 11 is 0. The van der Waals surface area contributed by atoms with Crippen LogP contribution in [0.3, 0.4) is 0 Å². The van der Waals surface area contributed by atoms with Gasteiger partial charge in [-0.2, -0.15) is 0 Å². The highest BCUT2D eigenvalue weighted by Crippen LogP contribution is 2.09. The van der Waals surface area contributed by atoms with Crippen molar-refractivity contribution in [1.29, 1.82) is 0 Å². The minimum Gasteiger partial charge on any atom is -0.478 e. The minimum absolute atomic E-state index is 0.156. The lowest BCUT2D eigenvalue weighted by Crippen LogP contribution is -2.34. The molecule has 0 spiro atoms. The van der Waals surface area contributed by atoms with Gasteiger partial charge >= 0.3 is 5.97 Å². The second-order valence-corrected chi connectivity index (χ2v) is 5.33. The Kier molecular flexibility index (Phi) is 6.22. The summed E-state index contributed by atoms with van der Waals surface area (Å²) in [4.78, 5) is 24.7. The Morgan fingerprint density at radius 1 is 1.20 bits per heavy atom. The number of aromatic carboxylic acids is 1. The lowest BCUT2D eigenvalue weighted by atomic mass is 10.1. The molecule has 0 saturated carbocycles. The number of amides is 1. The number of carboxylic acid groups (broad SMARTS) is 1. The van der Waals surface area contributed by atoms with Crippen molar-refractivity contribution in [2.75, 3.05) is 13.1 Å². The molecule has 0 saturated heterocycles. The van der Waals surface area contributed by atoms with Gasteiger partial charge in [0.25, 0.3) is 0 Å². The van der Waals surface area contributed by atoms with Gasteiger partial charge in [0.05, 0.1) is 5.56 Å². The first-order valence-electron chi connectivity index (χ1n) is 7.04. The molecule has 0 bridgehead atoms. The van der Waals surface area contributed by atoms with Crippen molar-refractivity contribution in [3.63, 3.8) is 0 Å². The van der Waals surface area contributed by atoms with Crippen molar-refractivity contribution >= 4 is 11.9 Å². The summed E-state index contributed by atoms with van der Waals surface area (Å²) in [7, 11) is 0. The van der Waals surface area contributed by atoms with Crippen LogP contribution in [0.5, 0.6) is 0 Å². The minimum atomic E-state index is -0.929. The Morgan fingerprint density at radius 2 is 1.80 bits per heavy atom. The highest BCUT2D eigenvalue weighted by molar-refractivity contribution is 5.87. The van der Waals surface area contributed by atoms with Gasteiger partial charge in [0, 0.05) is 19.5 Å². The van der Waals surface area contributed by atoms with E-state index in [0.717, 1.165) is 18.7 Å². The van der Waals surface area contributed by atoms with E-state index in [0.29, 0.717) is 18.8 Å². The predicted octanol–water partition coefficient (Wildman–Crippen LogP) is 2.82. The number of carboxylic acids is 1. The highest BCUT2D eigenvalue weighted by Gasteiger charge is 2.13. The number of rotatable bonds is 7. The van der Waals surface area contributed by atoms with E-state index in [1.165, 1.54) is 0 Å². The molecule has 0 aliphatic heterocycles. The lowest BCUT2D eigenvalue weighted by molar-refractivity contribution is -0.131. The van der Waals surface area contributed by atoms with Crippen molar-refractivity contribution in [2.45, 2.75) is 33.6 Å². The molecule has 0 atom stereocenters. The van der Waals surface area contributed by atoms with E-state index in [9.17, 15) is 9.59 Å². The van der Waals surface area contributed by atoms with Crippen molar-refractivity contribution in [3.8, 4) is 0 Å². The zero-order valence-corrected chi connectivity index (χ0v) is 12.4. The zero-order chi connectivity index (χ0) is 15.1. The Morgan fingerprint density at radius 3 is 2.25 bits per heavy atom. The van der Waals surface area contributed by atoms with Crippen LogP contribution >= 0.6 is 0 Å². The molecular formula is C16H23NO3. The van der Waals surface area contributed by atoms with E-state index in [4.69, 9.17) is 5.11 Å². The van der Waals surface area contributed by atoms with Gasteiger partial charge in [0.1, 0.15) is 0 Å². The fourth-order valence-corrected chi connectivity index (χ4v) is 2.07. The van der Waals surface area contributed by atoms with E-state index in [-0.39, 0.29) is 11.5 Å². The van der Waals surface area contributed by atoms with Crippen LogP contribution < -0.4 is 0 Å². The third kappa shape index (κ3) is 5.03. The molecule has 1 aromatic rings. The molecule has 20 heavy (non-hydrogen) atoms. The van der Waals surface area contributed by atoms with Gasteiger partial charge in [-0.05, 0) is 37.0 Å². The van der Waals surface area contributed by atoms with Gasteiger partial charge in [-0.1, -0.05) is 26.0 Å². The molecule has 0 aromatic heterocycles. The van der Waals surface area contributed by atoms with Gasteiger partial charge in [0.2, 0.25) is 5.91 Å². The number of benzene rings is 1. The second-order valence-electron chi connectivity index (χ2n) is 5.33. The van der Waals surface area contributed by atoms with Crippen LogP contribution in [0.1, 0.15) is 43.1 Å². The molecule has 1 amide bonds. The summed E-state index contributed by atoms with van der Waals surface area (Å²) in [5, 5.41) is 8.82. The van der Waals surface area contributed by atoms with Crippen LogP contribution in [0.25, 0.3) is 0 Å². The first-order valence-corrected chi connectivity index (χ1v) is 7.04. The van der Waals surface area contributed by atoms with Crippen molar-refractivity contribution in [1.82, 2.24) is 4.90 Å². The number of carbonyl (C=O) groups excluding carboxylic acids is 1. The summed E-state index contributed by atoms with van der Waals surface area (Å²) in [5.74, 6) is -0.307. The topological polar surface area (TPSA) is 57.6 Å².